The van der Waals surface area contributed by atoms with Gasteiger partial charge >= 0.3 is 0 Å². The summed E-state index contributed by atoms with van der Waals surface area (Å²) in [4.78, 5) is 11.7. The van der Waals surface area contributed by atoms with E-state index in [1.807, 2.05) is 31.2 Å². The third kappa shape index (κ3) is 4.91. The number of rotatable bonds is 6. The summed E-state index contributed by atoms with van der Waals surface area (Å²) in [7, 11) is 0. The molecule has 1 unspecified atom stereocenters. The zero-order valence-electron chi connectivity index (χ0n) is 12.1. The zero-order chi connectivity index (χ0) is 14.5. The van der Waals surface area contributed by atoms with Gasteiger partial charge in [0.05, 0.1) is 24.7 Å². The molecule has 0 spiro atoms. The maximum Gasteiger partial charge on any atom is 0.223 e. The average molecular weight is 265 g/mol. The number of aliphatic hydroxyl groups is 1. The van der Waals surface area contributed by atoms with Crippen LogP contribution >= 0.6 is 0 Å². The Morgan fingerprint density at radius 1 is 1.42 bits per heavy atom. The number of aliphatic hydroxyl groups excluding tert-OH is 1. The van der Waals surface area contributed by atoms with Crippen molar-refractivity contribution >= 4 is 5.91 Å². The van der Waals surface area contributed by atoms with Crippen LogP contribution < -0.4 is 10.1 Å². The van der Waals surface area contributed by atoms with Gasteiger partial charge in [0.1, 0.15) is 5.75 Å². The van der Waals surface area contributed by atoms with Gasteiger partial charge in [0, 0.05) is 0 Å². The molecule has 4 nitrogen and oxygen atoms in total. The average Bonchev–Trinajstić information content (AvgIpc) is 2.30. The molecule has 0 heterocycles. The third-order valence-electron chi connectivity index (χ3n) is 3.19. The molecule has 0 aliphatic carbocycles. The fraction of sp³-hybridized carbons (Fsp3) is 0.533. The monoisotopic (exact) mass is 265 g/mol. The van der Waals surface area contributed by atoms with E-state index >= 15 is 0 Å². The molecule has 1 aromatic rings. The van der Waals surface area contributed by atoms with Gasteiger partial charge in [0.15, 0.2) is 0 Å². The van der Waals surface area contributed by atoms with Gasteiger partial charge in [0.2, 0.25) is 5.91 Å². The fourth-order valence-corrected chi connectivity index (χ4v) is 1.50. The van der Waals surface area contributed by atoms with Crippen LogP contribution in [0.3, 0.4) is 0 Å². The highest BCUT2D eigenvalue weighted by molar-refractivity contribution is 5.76. The molecule has 2 N–H and O–H groups in total. The van der Waals surface area contributed by atoms with Crippen molar-refractivity contribution in [2.24, 2.45) is 0 Å². The van der Waals surface area contributed by atoms with Crippen LogP contribution in [0, 0.1) is 6.92 Å². The van der Waals surface area contributed by atoms with E-state index in [0.717, 1.165) is 11.3 Å². The van der Waals surface area contributed by atoms with Crippen molar-refractivity contribution < 1.29 is 14.6 Å². The van der Waals surface area contributed by atoms with Crippen LogP contribution in [0.2, 0.25) is 0 Å². The molecule has 0 saturated heterocycles. The Balaban J connectivity index is 2.38. The lowest BCUT2D eigenvalue weighted by atomic mass is 9.99. The predicted octanol–water partition coefficient (Wildman–Crippen LogP) is 2.04. The predicted molar refractivity (Wildman–Crippen MR) is 75.2 cm³/mol. The molecule has 19 heavy (non-hydrogen) atoms. The summed E-state index contributed by atoms with van der Waals surface area (Å²) in [6, 6.07) is 7.69. The second-order valence-corrected chi connectivity index (χ2v) is 5.31. The van der Waals surface area contributed by atoms with Gasteiger partial charge in [-0.2, -0.15) is 0 Å². The van der Waals surface area contributed by atoms with Gasteiger partial charge in [-0.3, -0.25) is 4.79 Å². The van der Waals surface area contributed by atoms with Crippen LogP contribution in [0.15, 0.2) is 24.3 Å². The van der Waals surface area contributed by atoms with Crippen LogP contribution in [0.1, 0.15) is 32.8 Å². The minimum Gasteiger partial charge on any atom is -0.493 e. The lowest BCUT2D eigenvalue weighted by Crippen LogP contribution is -2.51. The number of aryl methyl sites for hydroxylation is 1. The number of nitrogens with one attached hydrogen (secondary N) is 1. The van der Waals surface area contributed by atoms with Crippen LogP contribution in [0.25, 0.3) is 0 Å². The number of amides is 1. The maximum absolute atomic E-state index is 11.7. The summed E-state index contributed by atoms with van der Waals surface area (Å²) in [6.45, 7) is 7.53. The number of carbonyl (C=O) groups is 1. The van der Waals surface area contributed by atoms with E-state index in [1.165, 1.54) is 0 Å². The molecule has 0 aliphatic rings. The highest BCUT2D eigenvalue weighted by atomic mass is 16.5. The minimum atomic E-state index is -0.625. The first-order valence-corrected chi connectivity index (χ1v) is 6.50. The van der Waals surface area contributed by atoms with Crippen LogP contribution in [-0.2, 0) is 4.79 Å². The number of ether oxygens (including phenoxy) is 1. The summed E-state index contributed by atoms with van der Waals surface area (Å²) in [5, 5.41) is 12.3. The smallest absolute Gasteiger partial charge is 0.223 e. The Hall–Kier alpha value is -1.55. The molecular weight excluding hydrogens is 242 g/mol. The molecule has 1 aromatic carbocycles. The zero-order valence-corrected chi connectivity index (χ0v) is 12.1. The molecular formula is C15H23NO3. The summed E-state index contributed by atoms with van der Waals surface area (Å²) < 4.78 is 5.56. The van der Waals surface area contributed by atoms with E-state index in [-0.39, 0.29) is 12.3 Å². The number of carbonyl (C=O) groups excluding carboxylic acids is 1. The van der Waals surface area contributed by atoms with Crippen molar-refractivity contribution in [2.45, 2.75) is 45.8 Å². The molecule has 4 heteroatoms. The van der Waals surface area contributed by atoms with Crippen molar-refractivity contribution in [3.8, 4) is 5.75 Å². The van der Waals surface area contributed by atoms with Crippen molar-refractivity contribution in [2.75, 3.05) is 6.61 Å². The summed E-state index contributed by atoms with van der Waals surface area (Å²) in [5.41, 5.74) is 0.423. The van der Waals surface area contributed by atoms with E-state index in [1.54, 1.807) is 20.8 Å². The van der Waals surface area contributed by atoms with Crippen molar-refractivity contribution in [1.82, 2.24) is 5.32 Å². The summed E-state index contributed by atoms with van der Waals surface area (Å²) in [6.07, 6.45) is -0.335. The molecule has 0 fully saturated rings. The summed E-state index contributed by atoms with van der Waals surface area (Å²) >= 11 is 0. The molecule has 0 aliphatic heterocycles. The van der Waals surface area contributed by atoms with Crippen LogP contribution in [0.4, 0.5) is 0 Å². The van der Waals surface area contributed by atoms with Gasteiger partial charge in [-0.05, 0) is 39.3 Å². The first-order valence-electron chi connectivity index (χ1n) is 6.50. The van der Waals surface area contributed by atoms with Gasteiger partial charge in [-0.25, -0.2) is 0 Å². The van der Waals surface area contributed by atoms with Crippen LogP contribution in [-0.4, -0.2) is 29.3 Å². The molecule has 1 rings (SSSR count). The molecule has 0 aromatic heterocycles. The Bertz CT molecular complexity index is 427. The highest BCUT2D eigenvalue weighted by Crippen LogP contribution is 2.16. The standard InChI is InChI=1S/C15H23NO3/c1-11-7-5-6-8-13(11)19-10-9-14(18)16-15(3,4)12(2)17/h5-8,12,17H,9-10H2,1-4H3,(H,16,18). The first kappa shape index (κ1) is 15.5. The van der Waals surface area contributed by atoms with E-state index in [9.17, 15) is 9.90 Å². The number of hydrogen-bond donors (Lipinski definition) is 2. The molecule has 1 amide bonds. The third-order valence-corrected chi connectivity index (χ3v) is 3.19. The number of hydrogen-bond acceptors (Lipinski definition) is 3. The Kier molecular flexibility index (Phi) is 5.36. The number of para-hydroxylation sites is 1. The van der Waals surface area contributed by atoms with Crippen molar-refractivity contribution in [1.29, 1.82) is 0 Å². The lowest BCUT2D eigenvalue weighted by molar-refractivity contribution is -0.124. The van der Waals surface area contributed by atoms with Gasteiger partial charge in [0.25, 0.3) is 0 Å². The quantitative estimate of drug-likeness (QED) is 0.827. The topological polar surface area (TPSA) is 58.6 Å². The van der Waals surface area contributed by atoms with E-state index in [0.29, 0.717) is 6.61 Å². The Labute approximate surface area is 114 Å². The molecule has 0 radical (unpaired) electrons. The highest BCUT2D eigenvalue weighted by Gasteiger charge is 2.25. The second-order valence-electron chi connectivity index (χ2n) is 5.31. The van der Waals surface area contributed by atoms with Gasteiger partial charge in [-0.1, -0.05) is 18.2 Å². The summed E-state index contributed by atoms with van der Waals surface area (Å²) in [5.74, 6) is 0.671. The normalized spacial score (nSPS) is 12.9. The van der Waals surface area contributed by atoms with Crippen molar-refractivity contribution in [3.63, 3.8) is 0 Å². The lowest BCUT2D eigenvalue weighted by Gasteiger charge is -2.29. The second kappa shape index (κ2) is 6.57. The fourth-order valence-electron chi connectivity index (χ4n) is 1.50. The Morgan fingerprint density at radius 2 is 2.05 bits per heavy atom. The van der Waals surface area contributed by atoms with E-state index < -0.39 is 11.6 Å². The van der Waals surface area contributed by atoms with E-state index in [2.05, 4.69) is 5.32 Å². The number of benzene rings is 1. The molecule has 0 saturated carbocycles. The largest absolute Gasteiger partial charge is 0.493 e. The van der Waals surface area contributed by atoms with Crippen molar-refractivity contribution in [3.05, 3.63) is 29.8 Å². The maximum atomic E-state index is 11.7. The molecule has 106 valence electrons. The molecule has 0 bridgehead atoms. The SMILES string of the molecule is Cc1ccccc1OCCC(=O)NC(C)(C)C(C)O. The molecule has 1 atom stereocenters. The van der Waals surface area contributed by atoms with Gasteiger partial charge in [-0.15, -0.1) is 0 Å². The first-order chi connectivity index (χ1) is 8.83. The minimum absolute atomic E-state index is 0.125. The Morgan fingerprint density at radius 3 is 2.63 bits per heavy atom. The van der Waals surface area contributed by atoms with E-state index in [4.69, 9.17) is 4.74 Å². The van der Waals surface area contributed by atoms with Gasteiger partial charge < -0.3 is 15.2 Å². The van der Waals surface area contributed by atoms with Crippen LogP contribution in [0.5, 0.6) is 5.75 Å².